The summed E-state index contributed by atoms with van der Waals surface area (Å²) in [5.41, 5.74) is 1.92. The average Bonchev–Trinajstić information content (AvgIpc) is 3.39. The van der Waals surface area contributed by atoms with Crippen LogP contribution >= 0.6 is 27.5 Å². The van der Waals surface area contributed by atoms with E-state index >= 15 is 0 Å². The molecule has 0 fully saturated rings. The van der Waals surface area contributed by atoms with Crippen molar-refractivity contribution in [2.75, 3.05) is 13.9 Å². The molecule has 1 aliphatic heterocycles. The number of hydrogen-bond acceptors (Lipinski definition) is 7. The standard InChI is InChI=1S/C28H25BrClN3O5/c1-4-16(2)27-32-22-7-6-19(29)12-20(22)28(34)33(27)31-13-18-9-21(30)26(25(11-18)35-3)36-14-17-5-8-23-24(10-17)38-15-37-23/h5-13,16H,4,14-15H2,1-3H3/t16-/m1/s1. The van der Waals surface area contributed by atoms with E-state index in [4.69, 9.17) is 35.5 Å². The van der Waals surface area contributed by atoms with Crippen LogP contribution in [0.5, 0.6) is 23.0 Å². The van der Waals surface area contributed by atoms with Gasteiger partial charge in [-0.25, -0.2) is 4.98 Å². The van der Waals surface area contributed by atoms with Gasteiger partial charge in [0.05, 0.1) is 29.2 Å². The van der Waals surface area contributed by atoms with Crippen LogP contribution in [0, 0.1) is 0 Å². The summed E-state index contributed by atoms with van der Waals surface area (Å²) < 4.78 is 24.5. The first kappa shape index (κ1) is 26.1. The van der Waals surface area contributed by atoms with E-state index in [2.05, 4.69) is 21.0 Å². The minimum atomic E-state index is -0.246. The third kappa shape index (κ3) is 5.21. The number of hydrogen-bond donors (Lipinski definition) is 0. The quantitative estimate of drug-likeness (QED) is 0.215. The van der Waals surface area contributed by atoms with E-state index in [0.29, 0.717) is 50.3 Å². The minimum Gasteiger partial charge on any atom is -0.493 e. The number of fused-ring (bicyclic) bond motifs is 2. The molecular formula is C28H25BrClN3O5. The van der Waals surface area contributed by atoms with Crippen LogP contribution in [0.3, 0.4) is 0 Å². The van der Waals surface area contributed by atoms with E-state index in [1.165, 1.54) is 11.8 Å². The van der Waals surface area contributed by atoms with Gasteiger partial charge >= 0.3 is 0 Å². The molecule has 10 heteroatoms. The Morgan fingerprint density at radius 1 is 1.18 bits per heavy atom. The van der Waals surface area contributed by atoms with Crippen molar-refractivity contribution in [1.82, 2.24) is 9.66 Å². The lowest BCUT2D eigenvalue weighted by molar-refractivity contribution is 0.174. The Morgan fingerprint density at radius 3 is 2.79 bits per heavy atom. The lowest BCUT2D eigenvalue weighted by Gasteiger charge is -2.15. The highest BCUT2D eigenvalue weighted by atomic mass is 79.9. The summed E-state index contributed by atoms with van der Waals surface area (Å²) in [5, 5.41) is 5.35. The van der Waals surface area contributed by atoms with Crippen molar-refractivity contribution in [2.24, 2.45) is 5.10 Å². The molecular weight excluding hydrogens is 574 g/mol. The predicted octanol–water partition coefficient (Wildman–Crippen LogP) is 6.52. The highest BCUT2D eigenvalue weighted by Crippen LogP contribution is 2.38. The first-order valence-corrected chi connectivity index (χ1v) is 13.2. The molecule has 1 atom stereocenters. The van der Waals surface area contributed by atoms with Crippen molar-refractivity contribution < 1.29 is 18.9 Å². The van der Waals surface area contributed by atoms with Crippen LogP contribution in [0.4, 0.5) is 0 Å². The molecule has 38 heavy (non-hydrogen) atoms. The Labute approximate surface area is 232 Å². The van der Waals surface area contributed by atoms with Gasteiger partial charge in [0.15, 0.2) is 23.0 Å². The maximum absolute atomic E-state index is 13.4. The molecule has 1 aromatic heterocycles. The molecule has 0 saturated carbocycles. The van der Waals surface area contributed by atoms with E-state index in [-0.39, 0.29) is 24.9 Å². The second kappa shape index (κ2) is 11.0. The van der Waals surface area contributed by atoms with Crippen molar-refractivity contribution in [3.05, 3.63) is 85.3 Å². The Kier molecular flexibility index (Phi) is 7.58. The smallest absolute Gasteiger partial charge is 0.282 e. The minimum absolute atomic E-state index is 0.0259. The van der Waals surface area contributed by atoms with Gasteiger partial charge in [-0.1, -0.05) is 47.4 Å². The second-order valence-electron chi connectivity index (χ2n) is 8.81. The zero-order chi connectivity index (χ0) is 26.8. The van der Waals surface area contributed by atoms with Crippen LogP contribution in [-0.4, -0.2) is 29.8 Å². The topological polar surface area (TPSA) is 84.2 Å². The molecule has 0 spiro atoms. The van der Waals surface area contributed by atoms with E-state index in [0.717, 1.165) is 16.5 Å². The van der Waals surface area contributed by atoms with E-state index in [1.807, 2.05) is 44.2 Å². The highest BCUT2D eigenvalue weighted by Gasteiger charge is 2.17. The molecule has 196 valence electrons. The fraction of sp³-hybridized carbons (Fsp3) is 0.250. The molecule has 3 aromatic carbocycles. The Balaban J connectivity index is 1.45. The summed E-state index contributed by atoms with van der Waals surface area (Å²) in [5.74, 6) is 2.84. The third-order valence-corrected chi connectivity index (χ3v) is 7.05. The summed E-state index contributed by atoms with van der Waals surface area (Å²) in [6.07, 6.45) is 2.37. The fourth-order valence-corrected chi connectivity index (χ4v) is 4.68. The van der Waals surface area contributed by atoms with E-state index in [9.17, 15) is 4.79 Å². The van der Waals surface area contributed by atoms with Crippen LogP contribution < -0.4 is 24.5 Å². The lowest BCUT2D eigenvalue weighted by Crippen LogP contribution is -2.23. The maximum Gasteiger partial charge on any atom is 0.282 e. The van der Waals surface area contributed by atoms with Crippen LogP contribution in [-0.2, 0) is 6.61 Å². The molecule has 0 N–H and O–H groups in total. The molecule has 0 radical (unpaired) electrons. The summed E-state index contributed by atoms with van der Waals surface area (Å²) in [4.78, 5) is 18.1. The summed E-state index contributed by atoms with van der Waals surface area (Å²) >= 11 is 10.0. The number of benzene rings is 3. The number of methoxy groups -OCH3 is 1. The third-order valence-electron chi connectivity index (χ3n) is 6.28. The summed E-state index contributed by atoms with van der Waals surface area (Å²) in [6, 6.07) is 14.5. The molecule has 2 heterocycles. The molecule has 0 saturated heterocycles. The molecule has 0 bridgehead atoms. The van der Waals surface area contributed by atoms with Gasteiger partial charge in [-0.2, -0.15) is 9.78 Å². The molecule has 0 aliphatic carbocycles. The van der Waals surface area contributed by atoms with Crippen molar-refractivity contribution in [2.45, 2.75) is 32.8 Å². The van der Waals surface area contributed by atoms with Gasteiger partial charge in [-0.15, -0.1) is 0 Å². The number of aromatic nitrogens is 2. The fourth-order valence-electron chi connectivity index (χ4n) is 4.04. The van der Waals surface area contributed by atoms with Crippen molar-refractivity contribution >= 4 is 44.6 Å². The maximum atomic E-state index is 13.4. The lowest BCUT2D eigenvalue weighted by atomic mass is 10.1. The zero-order valence-corrected chi connectivity index (χ0v) is 23.4. The number of ether oxygens (including phenoxy) is 4. The van der Waals surface area contributed by atoms with Gasteiger partial charge in [0.1, 0.15) is 12.4 Å². The van der Waals surface area contributed by atoms with Gasteiger partial charge in [-0.05, 0) is 60.0 Å². The Morgan fingerprint density at radius 2 is 2.00 bits per heavy atom. The summed E-state index contributed by atoms with van der Waals surface area (Å²) in [7, 11) is 1.54. The molecule has 0 unspecified atom stereocenters. The Hall–Kier alpha value is -3.56. The van der Waals surface area contributed by atoms with Gasteiger partial charge in [0.2, 0.25) is 6.79 Å². The number of halogens is 2. The van der Waals surface area contributed by atoms with Crippen LogP contribution in [0.15, 0.2) is 62.9 Å². The van der Waals surface area contributed by atoms with Crippen molar-refractivity contribution in [3.8, 4) is 23.0 Å². The van der Waals surface area contributed by atoms with Crippen LogP contribution in [0.25, 0.3) is 10.9 Å². The van der Waals surface area contributed by atoms with Crippen molar-refractivity contribution in [3.63, 3.8) is 0 Å². The van der Waals surface area contributed by atoms with E-state index < -0.39 is 0 Å². The van der Waals surface area contributed by atoms with Crippen LogP contribution in [0.2, 0.25) is 5.02 Å². The highest BCUT2D eigenvalue weighted by molar-refractivity contribution is 9.10. The largest absolute Gasteiger partial charge is 0.493 e. The molecule has 5 rings (SSSR count). The molecule has 1 aliphatic rings. The average molecular weight is 599 g/mol. The van der Waals surface area contributed by atoms with Crippen LogP contribution in [0.1, 0.15) is 43.1 Å². The predicted molar refractivity (Wildman–Crippen MR) is 150 cm³/mol. The first-order chi connectivity index (χ1) is 18.4. The number of nitrogens with zero attached hydrogens (tertiary/aromatic N) is 3. The normalized spacial score (nSPS) is 13.3. The SMILES string of the molecule is CC[C@@H](C)c1nc2ccc(Br)cc2c(=O)n1N=Cc1cc(Cl)c(OCc2ccc3c(c2)OCO3)c(OC)c1. The van der Waals surface area contributed by atoms with Gasteiger partial charge < -0.3 is 18.9 Å². The molecule has 4 aromatic rings. The Bertz CT molecular complexity index is 1600. The zero-order valence-electron chi connectivity index (χ0n) is 21.0. The van der Waals surface area contributed by atoms with Gasteiger partial charge in [0, 0.05) is 10.4 Å². The molecule has 0 amide bonds. The van der Waals surface area contributed by atoms with Crippen molar-refractivity contribution in [1.29, 1.82) is 0 Å². The first-order valence-electron chi connectivity index (χ1n) is 12.0. The number of rotatable bonds is 8. The summed E-state index contributed by atoms with van der Waals surface area (Å²) in [6.45, 7) is 4.53. The second-order valence-corrected chi connectivity index (χ2v) is 10.1. The van der Waals surface area contributed by atoms with Gasteiger partial charge in [-0.3, -0.25) is 4.79 Å². The van der Waals surface area contributed by atoms with E-state index in [1.54, 1.807) is 24.4 Å². The monoisotopic (exact) mass is 597 g/mol. The van der Waals surface area contributed by atoms with Gasteiger partial charge in [0.25, 0.3) is 5.56 Å². The molecule has 8 nitrogen and oxygen atoms in total.